The molecule has 0 aliphatic heterocycles. The van der Waals surface area contributed by atoms with Crippen LogP contribution in [0, 0.1) is 5.82 Å². The molecule has 0 bridgehead atoms. The summed E-state index contributed by atoms with van der Waals surface area (Å²) in [7, 11) is 0. The molecule has 1 unspecified atom stereocenters. The van der Waals surface area contributed by atoms with Gasteiger partial charge < -0.3 is 20.7 Å². The molecular weight excluding hydrogens is 301 g/mol. The Hall–Kier alpha value is -2.31. The van der Waals surface area contributed by atoms with Crippen LogP contribution in [-0.2, 0) is 9.53 Å². The van der Waals surface area contributed by atoms with Gasteiger partial charge in [0.15, 0.2) is 0 Å². The highest BCUT2D eigenvalue weighted by molar-refractivity contribution is 5.89. The van der Waals surface area contributed by atoms with E-state index < -0.39 is 17.5 Å². The van der Waals surface area contributed by atoms with E-state index in [9.17, 15) is 14.0 Å². The topological polar surface area (TPSA) is 79.5 Å². The van der Waals surface area contributed by atoms with Crippen LogP contribution in [0.5, 0.6) is 0 Å². The van der Waals surface area contributed by atoms with E-state index in [0.29, 0.717) is 12.2 Å². The molecule has 0 saturated carbocycles. The average molecular weight is 325 g/mol. The van der Waals surface area contributed by atoms with Gasteiger partial charge in [-0.25, -0.2) is 9.18 Å². The van der Waals surface area contributed by atoms with Crippen LogP contribution in [-0.4, -0.2) is 30.2 Å². The Bertz CT molecular complexity index is 570. The highest BCUT2D eigenvalue weighted by atomic mass is 19.1. The van der Waals surface area contributed by atoms with Crippen LogP contribution >= 0.6 is 0 Å². The van der Waals surface area contributed by atoms with Crippen LogP contribution < -0.4 is 16.0 Å². The van der Waals surface area contributed by atoms with Crippen LogP contribution in [0.1, 0.15) is 34.6 Å². The zero-order valence-electron chi connectivity index (χ0n) is 14.1. The van der Waals surface area contributed by atoms with Gasteiger partial charge in [0.25, 0.3) is 0 Å². The number of hydrogen-bond donors (Lipinski definition) is 3. The summed E-state index contributed by atoms with van der Waals surface area (Å²) in [6, 6.07) is 4.21. The predicted octanol–water partition coefficient (Wildman–Crippen LogP) is 3.11. The summed E-state index contributed by atoms with van der Waals surface area (Å²) >= 11 is 0. The first-order chi connectivity index (χ1) is 10.6. The molecule has 0 saturated heterocycles. The SMILES string of the molecule is CC(=O)Nc1cc(NC(C)CNC(=O)OC(C)(C)C)ccc1F. The highest BCUT2D eigenvalue weighted by Crippen LogP contribution is 2.20. The van der Waals surface area contributed by atoms with Crippen molar-refractivity contribution in [3.8, 4) is 0 Å². The minimum atomic E-state index is -0.551. The van der Waals surface area contributed by atoms with Gasteiger partial charge in [-0.1, -0.05) is 0 Å². The lowest BCUT2D eigenvalue weighted by molar-refractivity contribution is -0.114. The second kappa shape index (κ2) is 7.80. The van der Waals surface area contributed by atoms with Crippen molar-refractivity contribution in [1.29, 1.82) is 0 Å². The Morgan fingerprint density at radius 3 is 2.52 bits per heavy atom. The standard InChI is InChI=1S/C16H24FN3O3/c1-10(9-18-15(22)23-16(3,4)5)19-12-6-7-13(17)14(8-12)20-11(2)21/h6-8,10,19H,9H2,1-5H3,(H,18,22)(H,20,21). The number of amides is 2. The molecular formula is C16H24FN3O3. The lowest BCUT2D eigenvalue weighted by Gasteiger charge is -2.21. The first-order valence-electron chi connectivity index (χ1n) is 7.37. The molecule has 0 aliphatic carbocycles. The quantitative estimate of drug-likeness (QED) is 0.777. The fraction of sp³-hybridized carbons (Fsp3) is 0.500. The Morgan fingerprint density at radius 2 is 1.96 bits per heavy atom. The van der Waals surface area contributed by atoms with Crippen LogP contribution in [0.3, 0.4) is 0 Å². The lowest BCUT2D eigenvalue weighted by atomic mass is 10.2. The molecule has 128 valence electrons. The van der Waals surface area contributed by atoms with Crippen molar-refractivity contribution in [3.63, 3.8) is 0 Å². The Morgan fingerprint density at radius 1 is 1.30 bits per heavy atom. The summed E-state index contributed by atoms with van der Waals surface area (Å²) < 4.78 is 18.7. The van der Waals surface area contributed by atoms with E-state index in [0.717, 1.165) is 0 Å². The maximum atomic E-state index is 13.6. The molecule has 7 heteroatoms. The smallest absolute Gasteiger partial charge is 0.407 e. The Labute approximate surface area is 135 Å². The zero-order chi connectivity index (χ0) is 17.6. The zero-order valence-corrected chi connectivity index (χ0v) is 14.1. The van der Waals surface area contributed by atoms with Crippen LogP contribution in [0.2, 0.25) is 0 Å². The molecule has 1 aromatic carbocycles. The monoisotopic (exact) mass is 325 g/mol. The van der Waals surface area contributed by atoms with E-state index in [-0.39, 0.29) is 17.6 Å². The fourth-order valence-corrected chi connectivity index (χ4v) is 1.79. The van der Waals surface area contributed by atoms with Gasteiger partial charge in [-0.05, 0) is 45.9 Å². The number of anilines is 2. The normalized spacial score (nSPS) is 12.3. The summed E-state index contributed by atoms with van der Waals surface area (Å²) in [4.78, 5) is 22.6. The van der Waals surface area contributed by atoms with Gasteiger partial charge in [0.2, 0.25) is 5.91 Å². The summed E-state index contributed by atoms with van der Waals surface area (Å²) in [5.41, 5.74) is 0.189. The van der Waals surface area contributed by atoms with E-state index in [1.54, 1.807) is 26.8 Å². The molecule has 0 heterocycles. The van der Waals surface area contributed by atoms with Crippen molar-refractivity contribution in [2.75, 3.05) is 17.2 Å². The first kappa shape index (κ1) is 18.7. The number of ether oxygens (including phenoxy) is 1. The second-order valence-corrected chi connectivity index (χ2v) is 6.30. The molecule has 1 aromatic rings. The van der Waals surface area contributed by atoms with Gasteiger partial charge in [0.05, 0.1) is 5.69 Å². The molecule has 23 heavy (non-hydrogen) atoms. The fourth-order valence-electron chi connectivity index (χ4n) is 1.79. The number of benzene rings is 1. The van der Waals surface area contributed by atoms with Gasteiger partial charge in [0.1, 0.15) is 11.4 Å². The van der Waals surface area contributed by atoms with Gasteiger partial charge in [-0.3, -0.25) is 4.79 Å². The second-order valence-electron chi connectivity index (χ2n) is 6.30. The molecule has 0 aromatic heterocycles. The van der Waals surface area contributed by atoms with E-state index >= 15 is 0 Å². The molecule has 0 spiro atoms. The summed E-state index contributed by atoms with van der Waals surface area (Å²) in [5, 5.41) is 8.18. The third kappa shape index (κ3) is 7.49. The van der Waals surface area contributed by atoms with Crippen molar-refractivity contribution >= 4 is 23.4 Å². The van der Waals surface area contributed by atoms with Gasteiger partial charge in [-0.15, -0.1) is 0 Å². The molecule has 1 rings (SSSR count). The van der Waals surface area contributed by atoms with E-state index in [1.807, 2.05) is 6.92 Å². The largest absolute Gasteiger partial charge is 0.444 e. The minimum absolute atomic E-state index is 0.106. The van der Waals surface area contributed by atoms with Crippen molar-refractivity contribution in [3.05, 3.63) is 24.0 Å². The van der Waals surface area contributed by atoms with E-state index in [1.165, 1.54) is 19.1 Å². The van der Waals surface area contributed by atoms with Gasteiger partial charge >= 0.3 is 6.09 Å². The van der Waals surface area contributed by atoms with Crippen molar-refractivity contribution < 1.29 is 18.7 Å². The van der Waals surface area contributed by atoms with E-state index in [4.69, 9.17) is 4.74 Å². The summed E-state index contributed by atoms with van der Waals surface area (Å²) in [6.45, 7) is 8.87. The number of hydrogen-bond acceptors (Lipinski definition) is 4. The van der Waals surface area contributed by atoms with Crippen LogP contribution in [0.4, 0.5) is 20.6 Å². The Kier molecular flexibility index (Phi) is 6.36. The lowest BCUT2D eigenvalue weighted by Crippen LogP contribution is -2.38. The number of rotatable bonds is 5. The first-order valence-corrected chi connectivity index (χ1v) is 7.37. The predicted molar refractivity (Wildman–Crippen MR) is 88.0 cm³/mol. The molecule has 0 fully saturated rings. The molecule has 1 atom stereocenters. The number of carbonyl (C=O) groups is 2. The minimum Gasteiger partial charge on any atom is -0.444 e. The molecule has 2 amide bonds. The number of carbonyl (C=O) groups excluding carboxylic acids is 2. The number of halogens is 1. The molecule has 6 nitrogen and oxygen atoms in total. The van der Waals surface area contributed by atoms with Crippen LogP contribution in [0.25, 0.3) is 0 Å². The molecule has 0 radical (unpaired) electrons. The van der Waals surface area contributed by atoms with Gasteiger partial charge in [-0.2, -0.15) is 0 Å². The average Bonchev–Trinajstić information content (AvgIpc) is 2.38. The maximum absolute atomic E-state index is 13.6. The van der Waals surface area contributed by atoms with Crippen LogP contribution in [0.15, 0.2) is 18.2 Å². The number of alkyl carbamates (subject to hydrolysis) is 1. The third-order valence-electron chi connectivity index (χ3n) is 2.64. The highest BCUT2D eigenvalue weighted by Gasteiger charge is 2.16. The van der Waals surface area contributed by atoms with Crippen molar-refractivity contribution in [2.45, 2.75) is 46.3 Å². The number of nitrogens with one attached hydrogen (secondary N) is 3. The summed E-state index contributed by atoms with van der Waals surface area (Å²) in [6.07, 6.45) is -0.496. The van der Waals surface area contributed by atoms with Gasteiger partial charge in [0, 0.05) is 25.2 Å². The maximum Gasteiger partial charge on any atom is 0.407 e. The van der Waals surface area contributed by atoms with Crippen molar-refractivity contribution in [1.82, 2.24) is 5.32 Å². The summed E-state index contributed by atoms with van der Waals surface area (Å²) in [5.74, 6) is -0.856. The molecule has 0 aliphatic rings. The molecule has 3 N–H and O–H groups in total. The van der Waals surface area contributed by atoms with E-state index in [2.05, 4.69) is 16.0 Å². The van der Waals surface area contributed by atoms with Crippen molar-refractivity contribution in [2.24, 2.45) is 0 Å². The Balaban J connectivity index is 2.55. The third-order valence-corrected chi connectivity index (χ3v) is 2.64.